The molecule has 4 bridgehead atoms. The molecule has 1 atom stereocenters. The number of hydroxylamine groups is 1. The topological polar surface area (TPSA) is 21.3 Å². The van der Waals surface area contributed by atoms with E-state index in [9.17, 15) is 0 Å². The first kappa shape index (κ1) is 14.7. The Bertz CT molecular complexity index is 462. The molecule has 0 aliphatic heterocycles. The van der Waals surface area contributed by atoms with Crippen LogP contribution in [0.2, 0.25) is 0 Å². The van der Waals surface area contributed by atoms with Crippen LogP contribution in [0.1, 0.15) is 57.4 Å². The molecule has 1 aromatic rings. The monoisotopic (exact) mass is 299 g/mol. The summed E-state index contributed by atoms with van der Waals surface area (Å²) < 4.78 is 0. The lowest BCUT2D eigenvalue weighted by molar-refractivity contribution is -0.115. The van der Waals surface area contributed by atoms with Crippen molar-refractivity contribution in [3.05, 3.63) is 35.9 Å². The average molecular weight is 299 g/mol. The predicted molar refractivity (Wildman–Crippen MR) is 89.1 cm³/mol. The zero-order valence-corrected chi connectivity index (χ0v) is 13.8. The van der Waals surface area contributed by atoms with Gasteiger partial charge in [-0.1, -0.05) is 37.3 Å². The minimum Gasteiger partial charge on any atom is -0.297 e. The standard InChI is InChI=1S/C20H29NO/c1-2-19(21-22-14-15-6-4-3-5-7-15)20-11-16-8-17(12-20)10-18(9-16)13-20/h3-7,16-19,21H,2,8-14H2,1H3. The Hall–Kier alpha value is -0.860. The first-order valence-corrected chi connectivity index (χ1v) is 9.18. The van der Waals surface area contributed by atoms with E-state index >= 15 is 0 Å². The van der Waals surface area contributed by atoms with Gasteiger partial charge in [-0.05, 0) is 73.7 Å². The molecular formula is C20H29NO. The Balaban J connectivity index is 1.39. The maximum atomic E-state index is 5.91. The van der Waals surface area contributed by atoms with E-state index in [1.807, 2.05) is 0 Å². The van der Waals surface area contributed by atoms with Gasteiger partial charge in [-0.2, -0.15) is 5.48 Å². The molecule has 5 rings (SSSR count). The van der Waals surface area contributed by atoms with Crippen LogP contribution in [0.3, 0.4) is 0 Å². The molecule has 0 radical (unpaired) electrons. The molecule has 120 valence electrons. The van der Waals surface area contributed by atoms with E-state index in [4.69, 9.17) is 4.84 Å². The second-order valence-corrected chi connectivity index (χ2v) is 8.13. The summed E-state index contributed by atoms with van der Waals surface area (Å²) in [5.41, 5.74) is 5.25. The molecule has 2 heteroatoms. The minimum absolute atomic E-state index is 0.528. The first-order valence-electron chi connectivity index (χ1n) is 9.18. The molecular weight excluding hydrogens is 270 g/mol. The van der Waals surface area contributed by atoms with Crippen LogP contribution in [0, 0.1) is 23.2 Å². The largest absolute Gasteiger partial charge is 0.297 e. The maximum absolute atomic E-state index is 5.91. The lowest BCUT2D eigenvalue weighted by Gasteiger charge is -2.59. The number of hydrogen-bond acceptors (Lipinski definition) is 2. The third-order valence-corrected chi connectivity index (χ3v) is 6.54. The highest BCUT2D eigenvalue weighted by Gasteiger charge is 2.53. The van der Waals surface area contributed by atoms with E-state index in [1.54, 1.807) is 0 Å². The summed E-state index contributed by atoms with van der Waals surface area (Å²) in [4.78, 5) is 5.91. The molecule has 4 saturated carbocycles. The highest BCUT2D eigenvalue weighted by molar-refractivity contribution is 5.13. The number of benzene rings is 1. The Kier molecular flexibility index (Phi) is 4.00. The van der Waals surface area contributed by atoms with Crippen molar-refractivity contribution >= 4 is 0 Å². The average Bonchev–Trinajstić information content (AvgIpc) is 2.51. The van der Waals surface area contributed by atoms with E-state index in [0.717, 1.165) is 17.8 Å². The molecule has 1 aromatic carbocycles. The van der Waals surface area contributed by atoms with Gasteiger partial charge >= 0.3 is 0 Å². The first-order chi connectivity index (χ1) is 10.8. The van der Waals surface area contributed by atoms with Crippen LogP contribution >= 0.6 is 0 Å². The summed E-state index contributed by atoms with van der Waals surface area (Å²) in [5, 5.41) is 0. The molecule has 0 amide bonds. The molecule has 4 aliphatic rings. The van der Waals surface area contributed by atoms with Crippen molar-refractivity contribution in [3.8, 4) is 0 Å². The van der Waals surface area contributed by atoms with Crippen LogP contribution in [0.5, 0.6) is 0 Å². The maximum Gasteiger partial charge on any atom is 0.0933 e. The van der Waals surface area contributed by atoms with Gasteiger partial charge in [0, 0.05) is 6.04 Å². The Morgan fingerprint density at radius 3 is 2.18 bits per heavy atom. The van der Waals surface area contributed by atoms with Gasteiger partial charge in [-0.3, -0.25) is 4.84 Å². The van der Waals surface area contributed by atoms with Gasteiger partial charge < -0.3 is 0 Å². The van der Waals surface area contributed by atoms with E-state index in [1.165, 1.54) is 50.5 Å². The van der Waals surface area contributed by atoms with Crippen molar-refractivity contribution in [1.82, 2.24) is 5.48 Å². The van der Waals surface area contributed by atoms with Crippen molar-refractivity contribution in [2.45, 2.75) is 64.5 Å². The van der Waals surface area contributed by atoms with Crippen molar-refractivity contribution in [3.63, 3.8) is 0 Å². The van der Waals surface area contributed by atoms with Crippen molar-refractivity contribution in [2.24, 2.45) is 23.2 Å². The van der Waals surface area contributed by atoms with Crippen LogP contribution in [-0.4, -0.2) is 6.04 Å². The molecule has 0 aromatic heterocycles. The molecule has 2 nitrogen and oxygen atoms in total. The Morgan fingerprint density at radius 1 is 1.05 bits per heavy atom. The van der Waals surface area contributed by atoms with Crippen LogP contribution in [0.15, 0.2) is 30.3 Å². The van der Waals surface area contributed by atoms with Crippen molar-refractivity contribution in [2.75, 3.05) is 0 Å². The number of nitrogens with one attached hydrogen (secondary N) is 1. The smallest absolute Gasteiger partial charge is 0.0933 e. The SMILES string of the molecule is CCC(NOCc1ccccc1)C12CC3CC(CC(C3)C1)C2. The molecule has 22 heavy (non-hydrogen) atoms. The van der Waals surface area contributed by atoms with E-state index in [0.29, 0.717) is 18.1 Å². The third-order valence-electron chi connectivity index (χ3n) is 6.54. The molecule has 1 unspecified atom stereocenters. The zero-order chi connectivity index (χ0) is 15.0. The van der Waals surface area contributed by atoms with Crippen LogP contribution in [0.25, 0.3) is 0 Å². The van der Waals surface area contributed by atoms with Gasteiger partial charge in [0.15, 0.2) is 0 Å². The Labute approximate surface area is 134 Å². The van der Waals surface area contributed by atoms with Gasteiger partial charge in [0.05, 0.1) is 6.61 Å². The highest BCUT2D eigenvalue weighted by Crippen LogP contribution is 2.61. The summed E-state index contributed by atoms with van der Waals surface area (Å²) >= 11 is 0. The summed E-state index contributed by atoms with van der Waals surface area (Å²) in [5.74, 6) is 3.03. The molecule has 0 spiro atoms. The second kappa shape index (κ2) is 5.98. The molecule has 1 N–H and O–H groups in total. The quantitative estimate of drug-likeness (QED) is 0.769. The summed E-state index contributed by atoms with van der Waals surface area (Å²) in [6, 6.07) is 11.0. The second-order valence-electron chi connectivity index (χ2n) is 8.13. The fraction of sp³-hybridized carbons (Fsp3) is 0.700. The van der Waals surface area contributed by atoms with Crippen molar-refractivity contribution in [1.29, 1.82) is 0 Å². The van der Waals surface area contributed by atoms with E-state index < -0.39 is 0 Å². The fourth-order valence-electron chi connectivity index (χ4n) is 6.05. The van der Waals surface area contributed by atoms with Crippen LogP contribution in [0.4, 0.5) is 0 Å². The van der Waals surface area contributed by atoms with Crippen LogP contribution in [-0.2, 0) is 11.4 Å². The third kappa shape index (κ3) is 2.72. The van der Waals surface area contributed by atoms with E-state index in [-0.39, 0.29) is 0 Å². The van der Waals surface area contributed by atoms with Gasteiger partial charge in [0.1, 0.15) is 0 Å². The van der Waals surface area contributed by atoms with Gasteiger partial charge in [0.25, 0.3) is 0 Å². The van der Waals surface area contributed by atoms with Crippen molar-refractivity contribution < 1.29 is 4.84 Å². The lowest BCUT2D eigenvalue weighted by atomic mass is 9.47. The normalized spacial score (nSPS) is 37.4. The predicted octanol–water partition coefficient (Wildman–Crippen LogP) is 4.70. The lowest BCUT2D eigenvalue weighted by Crippen LogP contribution is -2.55. The van der Waals surface area contributed by atoms with Crippen LogP contribution < -0.4 is 5.48 Å². The van der Waals surface area contributed by atoms with Gasteiger partial charge in [-0.15, -0.1) is 0 Å². The molecule has 4 fully saturated rings. The molecule has 0 heterocycles. The molecule has 4 aliphatic carbocycles. The Morgan fingerprint density at radius 2 is 1.64 bits per heavy atom. The molecule has 0 saturated heterocycles. The van der Waals surface area contributed by atoms with Gasteiger partial charge in [-0.25, -0.2) is 0 Å². The highest BCUT2D eigenvalue weighted by atomic mass is 16.6. The van der Waals surface area contributed by atoms with E-state index in [2.05, 4.69) is 42.7 Å². The van der Waals surface area contributed by atoms with Gasteiger partial charge in [0.2, 0.25) is 0 Å². The number of hydrogen-bond donors (Lipinski definition) is 1. The zero-order valence-electron chi connectivity index (χ0n) is 13.8. The summed E-state index contributed by atoms with van der Waals surface area (Å²) in [6.07, 6.45) is 10.1. The number of rotatable bonds is 6. The summed E-state index contributed by atoms with van der Waals surface area (Å²) in [7, 11) is 0. The summed E-state index contributed by atoms with van der Waals surface area (Å²) in [6.45, 7) is 2.99. The minimum atomic E-state index is 0.528. The fourth-order valence-corrected chi connectivity index (χ4v) is 6.05.